The van der Waals surface area contributed by atoms with Gasteiger partial charge in [-0.15, -0.1) is 0 Å². The highest BCUT2D eigenvalue weighted by Crippen LogP contribution is 2.41. The van der Waals surface area contributed by atoms with Crippen LogP contribution in [0.2, 0.25) is 0 Å². The van der Waals surface area contributed by atoms with E-state index in [0.717, 1.165) is 25.8 Å². The van der Waals surface area contributed by atoms with E-state index >= 15 is 0 Å². The molecule has 0 bridgehead atoms. The van der Waals surface area contributed by atoms with Crippen molar-refractivity contribution in [2.75, 3.05) is 6.54 Å². The van der Waals surface area contributed by atoms with Gasteiger partial charge >= 0.3 is 0 Å². The molecule has 0 aromatic rings. The Kier molecular flexibility index (Phi) is 4.32. The summed E-state index contributed by atoms with van der Waals surface area (Å²) in [5.41, 5.74) is 0.185. The van der Waals surface area contributed by atoms with Crippen molar-refractivity contribution in [3.63, 3.8) is 0 Å². The average Bonchev–Trinajstić information content (AvgIpc) is 3.19. The Morgan fingerprint density at radius 3 is 2.65 bits per heavy atom. The maximum Gasteiger partial charge on any atom is 0.237 e. The zero-order valence-corrected chi connectivity index (χ0v) is 12.6. The van der Waals surface area contributed by atoms with Crippen LogP contribution in [0.25, 0.3) is 0 Å². The van der Waals surface area contributed by atoms with Gasteiger partial charge in [-0.2, -0.15) is 0 Å². The molecule has 3 rings (SSSR count). The number of amides is 1. The Morgan fingerprint density at radius 2 is 1.95 bits per heavy atom. The lowest BCUT2D eigenvalue weighted by atomic mass is 9.83. The van der Waals surface area contributed by atoms with E-state index in [2.05, 4.69) is 10.6 Å². The number of carbonyl (C=O) groups is 1. The Bertz CT molecular complexity index is 348. The van der Waals surface area contributed by atoms with Crippen molar-refractivity contribution in [3.05, 3.63) is 0 Å². The van der Waals surface area contributed by atoms with E-state index < -0.39 is 0 Å². The molecule has 1 aliphatic heterocycles. The Hall–Kier alpha value is -0.610. The molecule has 2 aliphatic carbocycles. The van der Waals surface area contributed by atoms with Gasteiger partial charge < -0.3 is 15.4 Å². The third-order valence-electron chi connectivity index (χ3n) is 5.07. The first-order chi connectivity index (χ1) is 9.67. The number of carbonyl (C=O) groups excluding carboxylic acids is 1. The number of hydrogen-bond donors (Lipinski definition) is 2. The second kappa shape index (κ2) is 6.02. The fourth-order valence-electron chi connectivity index (χ4n) is 3.56. The van der Waals surface area contributed by atoms with Crippen LogP contribution in [-0.4, -0.2) is 36.2 Å². The van der Waals surface area contributed by atoms with Gasteiger partial charge in [-0.3, -0.25) is 4.79 Å². The molecule has 1 heterocycles. The first-order valence-electron chi connectivity index (χ1n) is 8.38. The quantitative estimate of drug-likeness (QED) is 0.811. The maximum atomic E-state index is 11.9. The summed E-state index contributed by atoms with van der Waals surface area (Å²) in [6, 6.07) is 0.335. The lowest BCUT2D eigenvalue weighted by Gasteiger charge is -2.33. The number of ether oxygens (including phenoxy) is 1. The summed E-state index contributed by atoms with van der Waals surface area (Å²) >= 11 is 0. The third-order valence-corrected chi connectivity index (χ3v) is 5.07. The molecule has 3 fully saturated rings. The van der Waals surface area contributed by atoms with Crippen LogP contribution in [0.1, 0.15) is 64.7 Å². The highest BCUT2D eigenvalue weighted by Gasteiger charge is 2.40. The van der Waals surface area contributed by atoms with Gasteiger partial charge in [-0.05, 0) is 45.4 Å². The lowest BCUT2D eigenvalue weighted by molar-refractivity contribution is -0.123. The number of rotatable bonds is 5. The molecule has 4 nitrogen and oxygen atoms in total. The zero-order valence-electron chi connectivity index (χ0n) is 12.6. The van der Waals surface area contributed by atoms with E-state index in [1.807, 2.05) is 6.92 Å². The van der Waals surface area contributed by atoms with E-state index in [1.165, 1.54) is 38.5 Å². The van der Waals surface area contributed by atoms with Gasteiger partial charge in [0.1, 0.15) is 0 Å². The first-order valence-corrected chi connectivity index (χ1v) is 8.38. The van der Waals surface area contributed by atoms with Gasteiger partial charge in [0.15, 0.2) is 0 Å². The highest BCUT2D eigenvalue weighted by atomic mass is 16.5. The minimum atomic E-state index is -0.109. The van der Waals surface area contributed by atoms with E-state index in [9.17, 15) is 4.79 Å². The predicted molar refractivity (Wildman–Crippen MR) is 78.6 cm³/mol. The molecule has 4 heteroatoms. The van der Waals surface area contributed by atoms with Gasteiger partial charge in [-0.25, -0.2) is 0 Å². The van der Waals surface area contributed by atoms with Crippen LogP contribution in [0, 0.1) is 0 Å². The summed E-state index contributed by atoms with van der Waals surface area (Å²) in [6.45, 7) is 2.75. The van der Waals surface area contributed by atoms with Crippen LogP contribution in [0.5, 0.6) is 0 Å². The molecule has 0 radical (unpaired) electrons. The van der Waals surface area contributed by atoms with Crippen molar-refractivity contribution in [1.29, 1.82) is 0 Å². The van der Waals surface area contributed by atoms with Gasteiger partial charge in [-0.1, -0.05) is 19.3 Å². The monoisotopic (exact) mass is 280 g/mol. The molecule has 2 unspecified atom stereocenters. The van der Waals surface area contributed by atoms with Crippen molar-refractivity contribution in [1.82, 2.24) is 10.6 Å². The summed E-state index contributed by atoms with van der Waals surface area (Å²) in [5.74, 6) is 0.137. The van der Waals surface area contributed by atoms with Crippen molar-refractivity contribution < 1.29 is 9.53 Å². The van der Waals surface area contributed by atoms with Crippen LogP contribution in [0.3, 0.4) is 0 Å². The second-order valence-corrected chi connectivity index (χ2v) is 6.94. The van der Waals surface area contributed by atoms with Crippen LogP contribution in [0.4, 0.5) is 0 Å². The number of nitrogens with one attached hydrogen (secondary N) is 2. The normalized spacial score (nSPS) is 30.4. The molecular weight excluding hydrogens is 252 g/mol. The van der Waals surface area contributed by atoms with Crippen LogP contribution >= 0.6 is 0 Å². The topological polar surface area (TPSA) is 50.4 Å². The van der Waals surface area contributed by atoms with Crippen molar-refractivity contribution in [2.24, 2.45) is 0 Å². The van der Waals surface area contributed by atoms with Crippen molar-refractivity contribution in [2.45, 2.75) is 88.5 Å². The fourth-order valence-corrected chi connectivity index (χ4v) is 3.56. The molecular formula is C16H28N2O2. The van der Waals surface area contributed by atoms with E-state index in [4.69, 9.17) is 4.74 Å². The summed E-state index contributed by atoms with van der Waals surface area (Å²) in [4.78, 5) is 11.9. The molecule has 20 heavy (non-hydrogen) atoms. The minimum Gasteiger partial charge on any atom is -0.370 e. The molecule has 2 saturated carbocycles. The Labute approximate surface area is 122 Å². The smallest absolute Gasteiger partial charge is 0.237 e. The van der Waals surface area contributed by atoms with Gasteiger partial charge in [0.25, 0.3) is 0 Å². The molecule has 1 saturated heterocycles. The zero-order chi connectivity index (χ0) is 14.0. The molecule has 114 valence electrons. The lowest BCUT2D eigenvalue weighted by Crippen LogP contribution is -2.45. The standard InChI is InChI=1S/C16H28N2O2/c1-12(15(19)18-13-5-6-13)17-11-14-7-10-16(20-14)8-3-2-4-9-16/h12-14,17H,2-11H2,1H3,(H,18,19). The first kappa shape index (κ1) is 14.3. The molecule has 2 atom stereocenters. The van der Waals surface area contributed by atoms with E-state index in [-0.39, 0.29) is 17.6 Å². The SMILES string of the molecule is CC(NCC1CCC2(CCCCC2)O1)C(=O)NC1CC1. The molecule has 3 aliphatic rings. The molecule has 0 aromatic heterocycles. The number of hydrogen-bond acceptors (Lipinski definition) is 3. The van der Waals surface area contributed by atoms with E-state index in [1.54, 1.807) is 0 Å². The Morgan fingerprint density at radius 1 is 1.20 bits per heavy atom. The van der Waals surface area contributed by atoms with Gasteiger partial charge in [0, 0.05) is 12.6 Å². The van der Waals surface area contributed by atoms with Gasteiger partial charge in [0.2, 0.25) is 5.91 Å². The van der Waals surface area contributed by atoms with Crippen molar-refractivity contribution in [3.8, 4) is 0 Å². The average molecular weight is 280 g/mol. The Balaban J connectivity index is 1.39. The largest absolute Gasteiger partial charge is 0.370 e. The summed E-state index contributed by atoms with van der Waals surface area (Å²) in [5, 5.41) is 6.39. The van der Waals surface area contributed by atoms with Crippen LogP contribution in [0.15, 0.2) is 0 Å². The maximum absolute atomic E-state index is 11.9. The summed E-state index contributed by atoms with van der Waals surface area (Å²) in [7, 11) is 0. The van der Waals surface area contributed by atoms with E-state index in [0.29, 0.717) is 12.1 Å². The highest BCUT2D eigenvalue weighted by molar-refractivity contribution is 5.81. The predicted octanol–water partition coefficient (Wildman–Crippen LogP) is 2.12. The second-order valence-electron chi connectivity index (χ2n) is 6.94. The van der Waals surface area contributed by atoms with Crippen LogP contribution in [-0.2, 0) is 9.53 Å². The summed E-state index contributed by atoms with van der Waals surface area (Å²) < 4.78 is 6.32. The van der Waals surface area contributed by atoms with Crippen molar-refractivity contribution >= 4 is 5.91 Å². The van der Waals surface area contributed by atoms with Gasteiger partial charge in [0.05, 0.1) is 17.7 Å². The summed E-state index contributed by atoms with van der Waals surface area (Å²) in [6.07, 6.45) is 11.4. The third kappa shape index (κ3) is 3.53. The van der Waals surface area contributed by atoms with Crippen LogP contribution < -0.4 is 10.6 Å². The molecule has 0 aromatic carbocycles. The fraction of sp³-hybridized carbons (Fsp3) is 0.938. The molecule has 2 N–H and O–H groups in total. The molecule has 1 amide bonds. The minimum absolute atomic E-state index is 0.109. The molecule has 1 spiro atoms.